The van der Waals surface area contributed by atoms with Crippen LogP contribution in [-0.2, 0) is 6.54 Å². The Morgan fingerprint density at radius 1 is 1.12 bits per heavy atom. The molecule has 1 N–H and O–H groups in total. The molecule has 0 radical (unpaired) electrons. The quantitative estimate of drug-likeness (QED) is 0.714. The first-order valence-electron chi connectivity index (χ1n) is 7.28. The Morgan fingerprint density at radius 2 is 1.75 bits per heavy atom. The average Bonchev–Trinajstić information content (AvgIpc) is 2.96. The van der Waals surface area contributed by atoms with E-state index in [0.717, 1.165) is 17.1 Å². The molecule has 0 bridgehead atoms. The van der Waals surface area contributed by atoms with Crippen molar-refractivity contribution in [3.8, 4) is 17.6 Å². The molecule has 24 heavy (non-hydrogen) atoms. The van der Waals surface area contributed by atoms with Gasteiger partial charge in [0.25, 0.3) is 0 Å². The summed E-state index contributed by atoms with van der Waals surface area (Å²) in [5.74, 6) is 2.30. The summed E-state index contributed by atoms with van der Waals surface area (Å²) in [5, 5.41) is 12.7. The fourth-order valence-corrected chi connectivity index (χ4v) is 2.25. The minimum atomic E-state index is 0.259. The molecule has 0 amide bonds. The maximum atomic E-state index is 8.99. The van der Waals surface area contributed by atoms with E-state index in [1.54, 1.807) is 19.1 Å². The second kappa shape index (κ2) is 7.07. The number of anilines is 1. The van der Waals surface area contributed by atoms with Crippen molar-refractivity contribution in [1.82, 2.24) is 4.98 Å². The molecule has 6 heteroatoms. The number of nitrogens with zero attached hydrogens (tertiary/aromatic N) is 2. The molecule has 0 spiro atoms. The Hall–Kier alpha value is -2.97. The molecule has 120 valence electrons. The topological polar surface area (TPSA) is 71.1 Å². The monoisotopic (exact) mass is 339 g/mol. The first-order valence-corrected chi connectivity index (χ1v) is 7.65. The highest BCUT2D eigenvalue weighted by molar-refractivity contribution is 6.30. The van der Waals surface area contributed by atoms with Crippen LogP contribution in [0.1, 0.15) is 17.1 Å². The van der Waals surface area contributed by atoms with Crippen LogP contribution in [0.2, 0.25) is 5.02 Å². The zero-order valence-electron chi connectivity index (χ0n) is 12.9. The minimum absolute atomic E-state index is 0.259. The van der Waals surface area contributed by atoms with Gasteiger partial charge in [0.15, 0.2) is 5.89 Å². The maximum Gasteiger partial charge on any atom is 0.232 e. The average molecular weight is 340 g/mol. The van der Waals surface area contributed by atoms with Gasteiger partial charge in [-0.1, -0.05) is 23.7 Å². The van der Waals surface area contributed by atoms with Crippen molar-refractivity contribution >= 4 is 17.5 Å². The summed E-state index contributed by atoms with van der Waals surface area (Å²) in [7, 11) is 0. The number of aryl methyl sites for hydroxylation is 1. The molecule has 0 aliphatic heterocycles. The van der Waals surface area contributed by atoms with E-state index in [2.05, 4.69) is 10.3 Å². The Labute approximate surface area is 144 Å². The number of hydrogen-bond donors (Lipinski definition) is 1. The third-order valence-corrected chi connectivity index (χ3v) is 3.52. The molecule has 3 rings (SSSR count). The third kappa shape index (κ3) is 3.86. The highest BCUT2D eigenvalue weighted by Gasteiger charge is 2.09. The predicted octanol–water partition coefficient (Wildman–Crippen LogP) is 4.91. The van der Waals surface area contributed by atoms with Gasteiger partial charge in [0, 0.05) is 18.5 Å². The maximum absolute atomic E-state index is 8.99. The van der Waals surface area contributed by atoms with Crippen LogP contribution in [0.5, 0.6) is 11.5 Å². The van der Waals surface area contributed by atoms with E-state index in [1.165, 1.54) is 0 Å². The van der Waals surface area contributed by atoms with E-state index in [1.807, 2.05) is 42.5 Å². The van der Waals surface area contributed by atoms with Gasteiger partial charge in [0.2, 0.25) is 11.6 Å². The lowest BCUT2D eigenvalue weighted by molar-refractivity contribution is 0.482. The van der Waals surface area contributed by atoms with E-state index in [0.29, 0.717) is 23.3 Å². The van der Waals surface area contributed by atoms with Gasteiger partial charge < -0.3 is 14.5 Å². The number of rotatable bonds is 5. The van der Waals surface area contributed by atoms with E-state index in [9.17, 15) is 0 Å². The number of oxazole rings is 1. The van der Waals surface area contributed by atoms with Crippen LogP contribution in [0.4, 0.5) is 5.88 Å². The molecule has 0 atom stereocenters. The molecular weight excluding hydrogens is 326 g/mol. The Balaban J connectivity index is 1.62. The van der Waals surface area contributed by atoms with Crippen molar-refractivity contribution in [2.45, 2.75) is 13.5 Å². The van der Waals surface area contributed by atoms with Crippen LogP contribution < -0.4 is 10.1 Å². The van der Waals surface area contributed by atoms with Crippen LogP contribution >= 0.6 is 11.6 Å². The van der Waals surface area contributed by atoms with Gasteiger partial charge in [-0.05, 0) is 42.0 Å². The molecule has 0 saturated carbocycles. The normalized spacial score (nSPS) is 10.2. The molecule has 0 saturated heterocycles. The summed E-state index contributed by atoms with van der Waals surface area (Å²) >= 11 is 5.85. The highest BCUT2D eigenvalue weighted by Crippen LogP contribution is 2.24. The van der Waals surface area contributed by atoms with Gasteiger partial charge in [0.05, 0.1) is 0 Å². The van der Waals surface area contributed by atoms with Gasteiger partial charge in [0.1, 0.15) is 17.6 Å². The van der Waals surface area contributed by atoms with Crippen LogP contribution in [0.3, 0.4) is 0 Å². The van der Waals surface area contributed by atoms with Crippen molar-refractivity contribution in [1.29, 1.82) is 5.26 Å². The summed E-state index contributed by atoms with van der Waals surface area (Å²) in [5.41, 5.74) is 1.28. The summed E-state index contributed by atoms with van der Waals surface area (Å²) in [6.45, 7) is 2.22. The van der Waals surface area contributed by atoms with Crippen molar-refractivity contribution in [2.24, 2.45) is 0 Å². The van der Waals surface area contributed by atoms with Gasteiger partial charge in [-0.2, -0.15) is 5.26 Å². The van der Waals surface area contributed by atoms with Crippen molar-refractivity contribution < 1.29 is 9.15 Å². The lowest BCUT2D eigenvalue weighted by Crippen LogP contribution is -1.99. The fraction of sp³-hybridized carbons (Fsp3) is 0.111. The van der Waals surface area contributed by atoms with Gasteiger partial charge >= 0.3 is 0 Å². The van der Waals surface area contributed by atoms with Gasteiger partial charge in [-0.25, -0.2) is 4.98 Å². The van der Waals surface area contributed by atoms with E-state index in [-0.39, 0.29) is 5.69 Å². The first-order chi connectivity index (χ1) is 11.6. The van der Waals surface area contributed by atoms with Gasteiger partial charge in [-0.15, -0.1) is 0 Å². The standard InChI is InChI=1S/C18H14ClN3O2/c1-12-22-17(10-20)18(23-12)21-11-13-2-6-15(7-3-13)24-16-8-4-14(19)5-9-16/h2-9,21H,11H2,1H3. The predicted molar refractivity (Wildman–Crippen MR) is 91.2 cm³/mol. The van der Waals surface area contributed by atoms with Crippen molar-refractivity contribution in [3.63, 3.8) is 0 Å². The SMILES string of the molecule is Cc1nc(C#N)c(NCc2ccc(Oc3ccc(Cl)cc3)cc2)o1. The Morgan fingerprint density at radius 3 is 2.38 bits per heavy atom. The molecule has 0 aliphatic rings. The Kier molecular flexibility index (Phi) is 4.69. The smallest absolute Gasteiger partial charge is 0.232 e. The van der Waals surface area contributed by atoms with Crippen LogP contribution in [-0.4, -0.2) is 4.98 Å². The number of nitrogens with one attached hydrogen (secondary N) is 1. The number of benzene rings is 2. The number of hydrogen-bond acceptors (Lipinski definition) is 5. The largest absolute Gasteiger partial charge is 0.457 e. The lowest BCUT2D eigenvalue weighted by atomic mass is 10.2. The molecule has 2 aromatic carbocycles. The van der Waals surface area contributed by atoms with Crippen LogP contribution in [0.15, 0.2) is 52.9 Å². The lowest BCUT2D eigenvalue weighted by Gasteiger charge is -2.07. The second-order valence-corrected chi connectivity index (χ2v) is 5.51. The van der Waals surface area contributed by atoms with Crippen LogP contribution in [0, 0.1) is 18.3 Å². The first kappa shape index (κ1) is 15.9. The summed E-state index contributed by atoms with van der Waals surface area (Å²) in [6, 6.07) is 16.8. The molecule has 0 fully saturated rings. The summed E-state index contributed by atoms with van der Waals surface area (Å²) in [4.78, 5) is 3.99. The number of nitriles is 1. The Bertz CT molecular complexity index is 865. The number of aromatic nitrogens is 1. The van der Waals surface area contributed by atoms with Gasteiger partial charge in [-0.3, -0.25) is 0 Å². The number of ether oxygens (including phenoxy) is 1. The zero-order chi connectivity index (χ0) is 16.9. The highest BCUT2D eigenvalue weighted by atomic mass is 35.5. The second-order valence-electron chi connectivity index (χ2n) is 5.08. The summed E-state index contributed by atoms with van der Waals surface area (Å²) in [6.07, 6.45) is 0. The molecule has 0 aliphatic carbocycles. The molecule has 0 unspecified atom stereocenters. The van der Waals surface area contributed by atoms with Crippen LogP contribution in [0.25, 0.3) is 0 Å². The fourth-order valence-electron chi connectivity index (χ4n) is 2.12. The van der Waals surface area contributed by atoms with Crippen molar-refractivity contribution in [3.05, 3.63) is 70.7 Å². The molecular formula is C18H14ClN3O2. The minimum Gasteiger partial charge on any atom is -0.457 e. The third-order valence-electron chi connectivity index (χ3n) is 3.27. The molecule has 5 nitrogen and oxygen atoms in total. The molecule has 3 aromatic rings. The van der Waals surface area contributed by atoms with E-state index < -0.39 is 0 Å². The molecule has 1 heterocycles. The van der Waals surface area contributed by atoms with E-state index in [4.69, 9.17) is 26.0 Å². The van der Waals surface area contributed by atoms with Crippen molar-refractivity contribution in [2.75, 3.05) is 5.32 Å². The van der Waals surface area contributed by atoms with E-state index >= 15 is 0 Å². The summed E-state index contributed by atoms with van der Waals surface area (Å²) < 4.78 is 11.1. The zero-order valence-corrected chi connectivity index (χ0v) is 13.7. The number of halogens is 1. The molecule has 1 aromatic heterocycles.